The van der Waals surface area contributed by atoms with E-state index >= 15 is 0 Å². The maximum Gasteiger partial charge on any atom is 0.266 e. The molecular formula is C9H14ClNO3S. The van der Waals surface area contributed by atoms with Crippen molar-refractivity contribution in [3.05, 3.63) is 35.9 Å². The lowest BCUT2D eigenvalue weighted by Crippen LogP contribution is -2.22. The Hall–Kier alpha value is -0.620. The van der Waals surface area contributed by atoms with Crippen LogP contribution >= 0.6 is 12.4 Å². The Labute approximate surface area is 95.9 Å². The summed E-state index contributed by atoms with van der Waals surface area (Å²) in [7, 11) is -3.84. The molecule has 0 saturated heterocycles. The highest BCUT2D eigenvalue weighted by atomic mass is 35.5. The third kappa shape index (κ3) is 7.33. The van der Waals surface area contributed by atoms with Gasteiger partial charge in [-0.1, -0.05) is 30.3 Å². The molecule has 0 aliphatic heterocycles. The largest absolute Gasteiger partial charge is 0.312 e. The number of hydrogen-bond acceptors (Lipinski definition) is 3. The Morgan fingerprint density at radius 3 is 2.33 bits per heavy atom. The summed E-state index contributed by atoms with van der Waals surface area (Å²) < 4.78 is 29.2. The van der Waals surface area contributed by atoms with Crippen molar-refractivity contribution in [3.8, 4) is 0 Å². The van der Waals surface area contributed by atoms with Crippen molar-refractivity contribution in [1.82, 2.24) is 5.32 Å². The van der Waals surface area contributed by atoms with Gasteiger partial charge < -0.3 is 5.32 Å². The van der Waals surface area contributed by atoms with Crippen LogP contribution < -0.4 is 5.32 Å². The second-order valence-corrected chi connectivity index (χ2v) is 4.52. The number of hydrogen-bond donors (Lipinski definition) is 2. The maximum absolute atomic E-state index is 10.4. The summed E-state index contributed by atoms with van der Waals surface area (Å²) in [5.41, 5.74) is 1.09. The van der Waals surface area contributed by atoms with Crippen LogP contribution in [0.3, 0.4) is 0 Å². The Morgan fingerprint density at radius 2 is 1.80 bits per heavy atom. The van der Waals surface area contributed by atoms with Gasteiger partial charge in [0.05, 0.1) is 5.75 Å². The van der Waals surface area contributed by atoms with Crippen LogP contribution in [0.25, 0.3) is 0 Å². The molecule has 0 spiro atoms. The molecule has 86 valence electrons. The zero-order chi connectivity index (χ0) is 10.4. The van der Waals surface area contributed by atoms with Gasteiger partial charge >= 0.3 is 0 Å². The molecule has 4 nitrogen and oxygen atoms in total. The predicted molar refractivity (Wildman–Crippen MR) is 61.8 cm³/mol. The van der Waals surface area contributed by atoms with Crippen LogP contribution in [-0.2, 0) is 16.7 Å². The van der Waals surface area contributed by atoms with Crippen LogP contribution in [0, 0.1) is 0 Å². The highest BCUT2D eigenvalue weighted by Crippen LogP contribution is 1.96. The highest BCUT2D eigenvalue weighted by Gasteiger charge is 2.02. The van der Waals surface area contributed by atoms with Crippen molar-refractivity contribution in [2.75, 3.05) is 12.3 Å². The average Bonchev–Trinajstić information content (AvgIpc) is 2.13. The van der Waals surface area contributed by atoms with Crippen LogP contribution in [0.15, 0.2) is 30.3 Å². The smallest absolute Gasteiger partial charge is 0.266 e. The van der Waals surface area contributed by atoms with E-state index in [1.54, 1.807) is 0 Å². The molecule has 15 heavy (non-hydrogen) atoms. The van der Waals surface area contributed by atoms with E-state index in [1.165, 1.54) is 0 Å². The van der Waals surface area contributed by atoms with Crippen LogP contribution in [0.2, 0.25) is 0 Å². The van der Waals surface area contributed by atoms with Crippen molar-refractivity contribution < 1.29 is 13.0 Å². The van der Waals surface area contributed by atoms with Gasteiger partial charge in [-0.3, -0.25) is 4.55 Å². The van der Waals surface area contributed by atoms with Crippen LogP contribution in [-0.4, -0.2) is 25.3 Å². The molecule has 1 rings (SSSR count). The van der Waals surface area contributed by atoms with E-state index in [9.17, 15) is 8.42 Å². The average molecular weight is 252 g/mol. The molecule has 0 atom stereocenters. The molecule has 2 N–H and O–H groups in total. The summed E-state index contributed by atoms with van der Waals surface area (Å²) >= 11 is 0. The first-order valence-electron chi connectivity index (χ1n) is 4.28. The molecule has 1 aromatic rings. The first-order valence-corrected chi connectivity index (χ1v) is 5.89. The molecule has 1 aromatic carbocycles. The van der Waals surface area contributed by atoms with Crippen LogP contribution in [0.5, 0.6) is 0 Å². The second kappa shape index (κ2) is 6.79. The van der Waals surface area contributed by atoms with Gasteiger partial charge in [0.15, 0.2) is 0 Å². The molecule has 0 aliphatic carbocycles. The summed E-state index contributed by atoms with van der Waals surface area (Å²) in [4.78, 5) is 0. The monoisotopic (exact) mass is 251 g/mol. The van der Waals surface area contributed by atoms with Crippen LogP contribution in [0.4, 0.5) is 0 Å². The molecule has 0 bridgehead atoms. The van der Waals surface area contributed by atoms with Crippen molar-refractivity contribution >= 4 is 22.5 Å². The van der Waals surface area contributed by atoms with E-state index in [4.69, 9.17) is 4.55 Å². The number of nitrogens with one attached hydrogen (secondary N) is 1. The first kappa shape index (κ1) is 14.4. The number of benzene rings is 1. The molecule has 0 heterocycles. The summed E-state index contributed by atoms with van der Waals surface area (Å²) in [6.07, 6.45) is 0. The van der Waals surface area contributed by atoms with Crippen molar-refractivity contribution in [2.45, 2.75) is 6.54 Å². The van der Waals surface area contributed by atoms with Crippen molar-refractivity contribution in [2.24, 2.45) is 0 Å². The molecule has 0 aliphatic rings. The molecule has 0 unspecified atom stereocenters. The minimum absolute atomic E-state index is 0. The fourth-order valence-electron chi connectivity index (χ4n) is 1.03. The van der Waals surface area contributed by atoms with Gasteiger partial charge in [-0.25, -0.2) is 0 Å². The van der Waals surface area contributed by atoms with E-state index in [2.05, 4.69) is 5.32 Å². The lowest BCUT2D eigenvalue weighted by atomic mass is 10.2. The molecule has 0 amide bonds. The molecule has 0 saturated carbocycles. The van der Waals surface area contributed by atoms with E-state index in [-0.39, 0.29) is 24.7 Å². The standard InChI is InChI=1S/C9H13NO3S.ClH/c11-14(12,13)7-6-10-8-9-4-2-1-3-5-9;/h1-5,10H,6-8H2,(H,11,12,13);1H. The minimum Gasteiger partial charge on any atom is -0.312 e. The van der Waals surface area contributed by atoms with Crippen LogP contribution in [0.1, 0.15) is 5.56 Å². The zero-order valence-electron chi connectivity index (χ0n) is 8.09. The molecule has 0 fully saturated rings. The van der Waals surface area contributed by atoms with Gasteiger partial charge in [-0.2, -0.15) is 8.42 Å². The van der Waals surface area contributed by atoms with Crippen molar-refractivity contribution in [1.29, 1.82) is 0 Å². The Balaban J connectivity index is 0.00000196. The quantitative estimate of drug-likeness (QED) is 0.607. The van der Waals surface area contributed by atoms with Gasteiger partial charge in [0.25, 0.3) is 10.1 Å². The normalized spacial score (nSPS) is 10.7. The fraction of sp³-hybridized carbons (Fsp3) is 0.333. The SMILES string of the molecule is Cl.O=S(=O)(O)CCNCc1ccccc1. The summed E-state index contributed by atoms with van der Waals surface area (Å²) in [6, 6.07) is 9.64. The lowest BCUT2D eigenvalue weighted by Gasteiger charge is -2.02. The van der Waals surface area contributed by atoms with E-state index in [0.29, 0.717) is 6.54 Å². The molecular weight excluding hydrogens is 238 g/mol. The minimum atomic E-state index is -3.84. The van der Waals surface area contributed by atoms with E-state index in [0.717, 1.165) is 5.56 Å². The predicted octanol–water partition coefficient (Wildman–Crippen LogP) is 1.09. The highest BCUT2D eigenvalue weighted by molar-refractivity contribution is 7.85. The van der Waals surface area contributed by atoms with Gasteiger partial charge in [0.2, 0.25) is 0 Å². The first-order chi connectivity index (χ1) is 6.58. The fourth-order valence-corrected chi connectivity index (χ4v) is 1.43. The maximum atomic E-state index is 10.4. The Kier molecular flexibility index (Phi) is 6.51. The second-order valence-electron chi connectivity index (χ2n) is 2.95. The topological polar surface area (TPSA) is 66.4 Å². The van der Waals surface area contributed by atoms with Gasteiger partial charge in [-0.15, -0.1) is 12.4 Å². The Morgan fingerprint density at radius 1 is 1.20 bits per heavy atom. The number of halogens is 1. The summed E-state index contributed by atoms with van der Waals surface area (Å²) in [5.74, 6) is -0.250. The summed E-state index contributed by atoms with van der Waals surface area (Å²) in [5, 5.41) is 2.92. The zero-order valence-corrected chi connectivity index (χ0v) is 9.72. The molecule has 0 aromatic heterocycles. The van der Waals surface area contributed by atoms with Gasteiger partial charge in [0, 0.05) is 13.1 Å². The van der Waals surface area contributed by atoms with E-state index in [1.807, 2.05) is 30.3 Å². The van der Waals surface area contributed by atoms with Gasteiger partial charge in [-0.05, 0) is 5.56 Å². The third-order valence-corrected chi connectivity index (χ3v) is 2.43. The Bertz CT molecular complexity index is 366. The lowest BCUT2D eigenvalue weighted by molar-refractivity contribution is 0.480. The van der Waals surface area contributed by atoms with Gasteiger partial charge in [0.1, 0.15) is 0 Å². The van der Waals surface area contributed by atoms with Crippen molar-refractivity contribution in [3.63, 3.8) is 0 Å². The molecule has 6 heteroatoms. The number of rotatable bonds is 5. The van der Waals surface area contributed by atoms with E-state index < -0.39 is 10.1 Å². The summed E-state index contributed by atoms with van der Waals surface area (Å²) in [6.45, 7) is 0.865. The third-order valence-electron chi connectivity index (χ3n) is 1.71. The molecule has 0 radical (unpaired) electrons.